The Morgan fingerprint density at radius 1 is 1.21 bits per heavy atom. The van der Waals surface area contributed by atoms with Crippen molar-refractivity contribution >= 4 is 17.5 Å². The van der Waals surface area contributed by atoms with Crippen molar-refractivity contribution in [3.05, 3.63) is 52.1 Å². The van der Waals surface area contributed by atoms with Crippen molar-refractivity contribution in [1.29, 1.82) is 0 Å². The Kier molecular flexibility index (Phi) is 6.19. The standard InChI is InChI=1S/C19H21ClF4N4O/c1-12-9-17(19(22,23)24)25-28(12)13(2)18(29)27-7-5-26(6-8-27)11-14-3-4-15(21)10-16(14)20/h3-4,9-10,13H,5-8,11H2,1-2H3. The predicted molar refractivity (Wildman–Crippen MR) is 99.9 cm³/mol. The molecule has 0 aliphatic carbocycles. The molecule has 3 rings (SSSR count). The molecule has 1 fully saturated rings. The van der Waals surface area contributed by atoms with Crippen LogP contribution >= 0.6 is 11.6 Å². The van der Waals surface area contributed by atoms with E-state index in [-0.39, 0.29) is 11.6 Å². The molecule has 0 saturated carbocycles. The number of halogens is 5. The van der Waals surface area contributed by atoms with Gasteiger partial charge in [-0.1, -0.05) is 17.7 Å². The van der Waals surface area contributed by atoms with E-state index in [0.29, 0.717) is 37.7 Å². The summed E-state index contributed by atoms with van der Waals surface area (Å²) >= 11 is 6.07. The number of nitrogens with zero attached hydrogens (tertiary/aromatic N) is 4. The fourth-order valence-electron chi connectivity index (χ4n) is 3.40. The maximum absolute atomic E-state index is 13.2. The Bertz CT molecular complexity index is 891. The Morgan fingerprint density at radius 3 is 2.41 bits per heavy atom. The minimum atomic E-state index is -4.55. The molecule has 29 heavy (non-hydrogen) atoms. The summed E-state index contributed by atoms with van der Waals surface area (Å²) in [4.78, 5) is 16.5. The maximum atomic E-state index is 13.2. The Hall–Kier alpha value is -2.13. The van der Waals surface area contributed by atoms with E-state index >= 15 is 0 Å². The predicted octanol–water partition coefficient (Wildman–Crippen LogP) is 3.91. The summed E-state index contributed by atoms with van der Waals surface area (Å²) in [5.41, 5.74) is 0.0754. The van der Waals surface area contributed by atoms with Gasteiger partial charge in [0.25, 0.3) is 0 Å². The van der Waals surface area contributed by atoms with Crippen LogP contribution in [0, 0.1) is 12.7 Å². The molecule has 1 aromatic carbocycles. The monoisotopic (exact) mass is 432 g/mol. The van der Waals surface area contributed by atoms with Crippen LogP contribution in [0.4, 0.5) is 17.6 Å². The fraction of sp³-hybridized carbons (Fsp3) is 0.474. The van der Waals surface area contributed by atoms with Gasteiger partial charge in [0.2, 0.25) is 5.91 Å². The molecule has 1 atom stereocenters. The first-order valence-electron chi connectivity index (χ1n) is 9.14. The van der Waals surface area contributed by atoms with Crippen molar-refractivity contribution in [1.82, 2.24) is 19.6 Å². The molecule has 1 aliphatic rings. The molecule has 1 saturated heterocycles. The largest absolute Gasteiger partial charge is 0.435 e. The van der Waals surface area contributed by atoms with Crippen LogP contribution in [0.5, 0.6) is 0 Å². The van der Waals surface area contributed by atoms with Crippen LogP contribution < -0.4 is 0 Å². The van der Waals surface area contributed by atoms with Gasteiger partial charge in [-0.25, -0.2) is 4.39 Å². The van der Waals surface area contributed by atoms with Crippen LogP contribution in [0.2, 0.25) is 5.02 Å². The molecule has 1 aliphatic heterocycles. The summed E-state index contributed by atoms with van der Waals surface area (Å²) in [5.74, 6) is -0.671. The van der Waals surface area contributed by atoms with Crippen molar-refractivity contribution in [2.45, 2.75) is 32.6 Å². The molecule has 2 heterocycles. The number of alkyl halides is 3. The van der Waals surface area contributed by atoms with E-state index < -0.39 is 23.7 Å². The topological polar surface area (TPSA) is 41.4 Å². The number of aromatic nitrogens is 2. The second-order valence-electron chi connectivity index (χ2n) is 7.13. The molecule has 2 aromatic rings. The molecule has 1 amide bonds. The van der Waals surface area contributed by atoms with Crippen LogP contribution in [0.15, 0.2) is 24.3 Å². The third kappa shape index (κ3) is 4.90. The number of carbonyl (C=O) groups is 1. The number of benzene rings is 1. The molecule has 5 nitrogen and oxygen atoms in total. The molecule has 10 heteroatoms. The zero-order chi connectivity index (χ0) is 21.3. The normalized spacial score (nSPS) is 16.9. The second kappa shape index (κ2) is 8.31. The summed E-state index contributed by atoms with van der Waals surface area (Å²) in [5, 5.41) is 3.93. The SMILES string of the molecule is Cc1cc(C(F)(F)F)nn1C(C)C(=O)N1CCN(Cc2ccc(F)cc2Cl)CC1. The zero-order valence-corrected chi connectivity index (χ0v) is 16.8. The van der Waals surface area contributed by atoms with E-state index in [4.69, 9.17) is 11.6 Å². The smallest absolute Gasteiger partial charge is 0.338 e. The van der Waals surface area contributed by atoms with Gasteiger partial charge in [0.05, 0.1) is 0 Å². The number of piperazine rings is 1. The number of amides is 1. The number of hydrogen-bond donors (Lipinski definition) is 0. The number of aryl methyl sites for hydroxylation is 1. The molecule has 0 N–H and O–H groups in total. The average Bonchev–Trinajstić information content (AvgIpc) is 3.05. The van der Waals surface area contributed by atoms with Crippen LogP contribution in [0.3, 0.4) is 0 Å². The minimum absolute atomic E-state index is 0.274. The molecule has 0 radical (unpaired) electrons. The third-order valence-electron chi connectivity index (χ3n) is 5.03. The first kappa shape index (κ1) is 21.6. The van der Waals surface area contributed by atoms with Gasteiger partial charge < -0.3 is 4.90 Å². The number of carbonyl (C=O) groups excluding carboxylic acids is 1. The van der Waals surface area contributed by atoms with Gasteiger partial charge in [0.15, 0.2) is 5.69 Å². The lowest BCUT2D eigenvalue weighted by Gasteiger charge is -2.36. The van der Waals surface area contributed by atoms with Crippen LogP contribution in [-0.2, 0) is 17.5 Å². The van der Waals surface area contributed by atoms with Gasteiger partial charge in [-0.05, 0) is 37.6 Å². The van der Waals surface area contributed by atoms with E-state index in [9.17, 15) is 22.4 Å². The molecule has 1 aromatic heterocycles. The van der Waals surface area contributed by atoms with Gasteiger partial charge in [-0.15, -0.1) is 0 Å². The molecular weight excluding hydrogens is 412 g/mol. The van der Waals surface area contributed by atoms with E-state index in [2.05, 4.69) is 10.00 Å². The van der Waals surface area contributed by atoms with Crippen molar-refractivity contribution in [3.8, 4) is 0 Å². The Labute approximate surface area is 170 Å². The highest BCUT2D eigenvalue weighted by Crippen LogP contribution is 2.29. The summed E-state index contributed by atoms with van der Waals surface area (Å²) in [7, 11) is 0. The van der Waals surface area contributed by atoms with Gasteiger partial charge in [0, 0.05) is 43.4 Å². The first-order chi connectivity index (χ1) is 13.6. The molecular formula is C19H21ClF4N4O. The number of hydrogen-bond acceptors (Lipinski definition) is 3. The fourth-order valence-corrected chi connectivity index (χ4v) is 3.63. The average molecular weight is 433 g/mol. The van der Waals surface area contributed by atoms with Crippen LogP contribution in [-0.4, -0.2) is 51.7 Å². The molecule has 1 unspecified atom stereocenters. The van der Waals surface area contributed by atoms with Gasteiger partial charge in [0.1, 0.15) is 11.9 Å². The van der Waals surface area contributed by atoms with E-state index in [1.807, 2.05) is 0 Å². The molecule has 158 valence electrons. The van der Waals surface area contributed by atoms with Crippen molar-refractivity contribution in [3.63, 3.8) is 0 Å². The summed E-state index contributed by atoms with van der Waals surface area (Å²) in [6.45, 7) is 5.62. The first-order valence-corrected chi connectivity index (χ1v) is 9.52. The highest BCUT2D eigenvalue weighted by Gasteiger charge is 2.36. The summed E-state index contributed by atoms with van der Waals surface area (Å²) in [6.07, 6.45) is -4.55. The van der Waals surface area contributed by atoms with Gasteiger partial charge in [-0.3, -0.25) is 14.4 Å². The third-order valence-corrected chi connectivity index (χ3v) is 5.38. The summed E-state index contributed by atoms with van der Waals surface area (Å²) < 4.78 is 52.9. The lowest BCUT2D eigenvalue weighted by atomic mass is 10.2. The van der Waals surface area contributed by atoms with Gasteiger partial charge >= 0.3 is 6.18 Å². The lowest BCUT2D eigenvalue weighted by molar-refractivity contribution is -0.143. The van der Waals surface area contributed by atoms with Crippen molar-refractivity contribution in [2.75, 3.05) is 26.2 Å². The Morgan fingerprint density at radius 2 is 1.86 bits per heavy atom. The maximum Gasteiger partial charge on any atom is 0.435 e. The van der Waals surface area contributed by atoms with Crippen LogP contribution in [0.1, 0.15) is 29.9 Å². The number of rotatable bonds is 4. The quantitative estimate of drug-likeness (QED) is 0.688. The van der Waals surface area contributed by atoms with Crippen molar-refractivity contribution < 1.29 is 22.4 Å². The molecule has 0 spiro atoms. The van der Waals surface area contributed by atoms with E-state index in [0.717, 1.165) is 16.3 Å². The minimum Gasteiger partial charge on any atom is -0.338 e. The van der Waals surface area contributed by atoms with E-state index in [1.54, 1.807) is 17.9 Å². The summed E-state index contributed by atoms with van der Waals surface area (Å²) in [6, 6.07) is 4.36. The highest BCUT2D eigenvalue weighted by molar-refractivity contribution is 6.31. The van der Waals surface area contributed by atoms with E-state index in [1.165, 1.54) is 19.1 Å². The Balaban J connectivity index is 1.60. The van der Waals surface area contributed by atoms with Gasteiger partial charge in [-0.2, -0.15) is 18.3 Å². The van der Waals surface area contributed by atoms with Crippen molar-refractivity contribution in [2.24, 2.45) is 0 Å². The zero-order valence-electron chi connectivity index (χ0n) is 16.0. The second-order valence-corrected chi connectivity index (χ2v) is 7.53. The lowest BCUT2D eigenvalue weighted by Crippen LogP contribution is -2.50. The highest BCUT2D eigenvalue weighted by atomic mass is 35.5. The molecule has 0 bridgehead atoms. The van der Waals surface area contributed by atoms with Crippen LogP contribution in [0.25, 0.3) is 0 Å².